The van der Waals surface area contributed by atoms with E-state index in [-0.39, 0.29) is 11.7 Å². The molecule has 0 aliphatic carbocycles. The van der Waals surface area contributed by atoms with Crippen LogP contribution in [0.4, 0.5) is 0 Å². The lowest BCUT2D eigenvalue weighted by molar-refractivity contribution is -0.130. The minimum atomic E-state index is 0.135. The summed E-state index contributed by atoms with van der Waals surface area (Å²) in [6.45, 7) is 5.64. The van der Waals surface area contributed by atoms with E-state index in [9.17, 15) is 9.90 Å². The van der Waals surface area contributed by atoms with Gasteiger partial charge in [0.05, 0.1) is 6.54 Å². The first kappa shape index (κ1) is 16.5. The molecule has 0 aliphatic rings. The van der Waals surface area contributed by atoms with Crippen LogP contribution in [0.1, 0.15) is 25.8 Å². The number of phenolic OH excluding ortho intramolecular Hbond substituents is 1. The lowest BCUT2D eigenvalue weighted by Crippen LogP contribution is -2.42. The molecule has 1 aromatic rings. The Hall–Kier alpha value is -1.55. The zero-order chi connectivity index (χ0) is 15.1. The van der Waals surface area contributed by atoms with Gasteiger partial charge in [-0.05, 0) is 44.0 Å². The topological polar surface area (TPSA) is 43.8 Å². The summed E-state index contributed by atoms with van der Waals surface area (Å²) in [5.74, 6) is 0.422. The lowest BCUT2D eigenvalue weighted by atomic mass is 10.1. The molecule has 0 fully saturated rings. The zero-order valence-corrected chi connectivity index (χ0v) is 13.0. The van der Waals surface area contributed by atoms with E-state index in [0.29, 0.717) is 12.6 Å². The van der Waals surface area contributed by atoms with Gasteiger partial charge in [0.15, 0.2) is 0 Å². The number of hydrogen-bond acceptors (Lipinski definition) is 3. The monoisotopic (exact) mass is 278 g/mol. The number of aromatic hydroxyl groups is 1. The second-order valence-electron chi connectivity index (χ2n) is 5.48. The van der Waals surface area contributed by atoms with E-state index in [2.05, 4.69) is 18.7 Å². The van der Waals surface area contributed by atoms with Gasteiger partial charge in [-0.1, -0.05) is 19.1 Å². The van der Waals surface area contributed by atoms with Crippen molar-refractivity contribution in [2.24, 2.45) is 0 Å². The first-order valence-corrected chi connectivity index (χ1v) is 7.16. The van der Waals surface area contributed by atoms with E-state index >= 15 is 0 Å². The summed E-state index contributed by atoms with van der Waals surface area (Å²) in [7, 11) is 3.58. The summed E-state index contributed by atoms with van der Waals surface area (Å²) in [6, 6.07) is 7.57. The van der Waals surface area contributed by atoms with Crippen molar-refractivity contribution >= 4 is 5.91 Å². The molecule has 0 bridgehead atoms. The quantitative estimate of drug-likeness (QED) is 0.831. The second-order valence-corrected chi connectivity index (χ2v) is 5.48. The molecule has 20 heavy (non-hydrogen) atoms. The van der Waals surface area contributed by atoms with E-state index in [1.165, 1.54) is 5.56 Å². The molecule has 1 aromatic carbocycles. The third-order valence-electron chi connectivity index (χ3n) is 3.44. The van der Waals surface area contributed by atoms with Gasteiger partial charge >= 0.3 is 0 Å². The highest BCUT2D eigenvalue weighted by Gasteiger charge is 2.17. The van der Waals surface area contributed by atoms with Gasteiger partial charge in [0, 0.05) is 20.1 Å². The number of carbonyl (C=O) groups is 1. The van der Waals surface area contributed by atoms with Crippen molar-refractivity contribution in [3.63, 3.8) is 0 Å². The molecule has 0 spiro atoms. The molecule has 0 radical (unpaired) electrons. The van der Waals surface area contributed by atoms with Crippen molar-refractivity contribution in [1.82, 2.24) is 9.80 Å². The van der Waals surface area contributed by atoms with Crippen molar-refractivity contribution in [2.75, 3.05) is 27.2 Å². The van der Waals surface area contributed by atoms with Gasteiger partial charge < -0.3 is 10.0 Å². The molecule has 0 saturated carbocycles. The summed E-state index contributed by atoms with van der Waals surface area (Å²) in [4.78, 5) is 15.7. The second kappa shape index (κ2) is 7.90. The van der Waals surface area contributed by atoms with Gasteiger partial charge in [0.2, 0.25) is 5.91 Å². The molecule has 0 aliphatic heterocycles. The van der Waals surface area contributed by atoms with Gasteiger partial charge in [-0.2, -0.15) is 0 Å². The highest BCUT2D eigenvalue weighted by molar-refractivity contribution is 5.77. The minimum Gasteiger partial charge on any atom is -0.508 e. The zero-order valence-electron chi connectivity index (χ0n) is 13.0. The minimum absolute atomic E-state index is 0.135. The van der Waals surface area contributed by atoms with Crippen LogP contribution in [0.25, 0.3) is 0 Å². The fourth-order valence-electron chi connectivity index (χ4n) is 2.16. The van der Waals surface area contributed by atoms with Crippen LogP contribution in [-0.4, -0.2) is 54.0 Å². The Kier molecular flexibility index (Phi) is 6.52. The van der Waals surface area contributed by atoms with Crippen LogP contribution < -0.4 is 0 Å². The summed E-state index contributed by atoms with van der Waals surface area (Å²) >= 11 is 0. The van der Waals surface area contributed by atoms with Crippen LogP contribution in [0, 0.1) is 0 Å². The molecule has 0 heterocycles. The van der Waals surface area contributed by atoms with E-state index < -0.39 is 0 Å². The van der Waals surface area contributed by atoms with Crippen LogP contribution >= 0.6 is 0 Å². The summed E-state index contributed by atoms with van der Waals surface area (Å²) in [6.07, 6.45) is 1.90. The number of rotatable bonds is 7. The Balaban J connectivity index is 2.65. The predicted molar refractivity (Wildman–Crippen MR) is 81.8 cm³/mol. The first-order chi connectivity index (χ1) is 9.43. The standard InChI is InChI=1S/C16H26N2O2/c1-5-10-18(12-16(20)17(3)4)13(2)11-14-6-8-15(19)9-7-14/h6-9,13,19H,5,10-12H2,1-4H3. The number of nitrogens with zero attached hydrogens (tertiary/aromatic N) is 2. The Morgan fingerprint density at radius 3 is 2.35 bits per heavy atom. The number of benzene rings is 1. The third kappa shape index (κ3) is 5.21. The number of carbonyl (C=O) groups excluding carboxylic acids is 1. The number of hydrogen-bond donors (Lipinski definition) is 1. The molecule has 1 unspecified atom stereocenters. The SMILES string of the molecule is CCCN(CC(=O)N(C)C)C(C)Cc1ccc(O)cc1. The maximum Gasteiger partial charge on any atom is 0.236 e. The maximum absolute atomic E-state index is 11.9. The Bertz CT molecular complexity index is 415. The normalized spacial score (nSPS) is 12.4. The molecule has 4 heteroatoms. The highest BCUT2D eigenvalue weighted by Crippen LogP contribution is 2.14. The maximum atomic E-state index is 11.9. The summed E-state index contributed by atoms with van der Waals surface area (Å²) < 4.78 is 0. The largest absolute Gasteiger partial charge is 0.508 e. The van der Waals surface area contributed by atoms with Crippen molar-refractivity contribution in [2.45, 2.75) is 32.7 Å². The van der Waals surface area contributed by atoms with Crippen LogP contribution in [0.5, 0.6) is 5.75 Å². The molecule has 4 nitrogen and oxygen atoms in total. The van der Waals surface area contributed by atoms with Crippen molar-refractivity contribution in [1.29, 1.82) is 0 Å². The predicted octanol–water partition coefficient (Wildman–Crippen LogP) is 2.12. The molecule has 112 valence electrons. The number of likely N-dealkylation sites (N-methyl/N-ethyl adjacent to an activating group) is 1. The fourth-order valence-corrected chi connectivity index (χ4v) is 2.16. The molecule has 1 atom stereocenters. The van der Waals surface area contributed by atoms with Gasteiger partial charge in [-0.3, -0.25) is 9.69 Å². The Labute approximate surface area is 122 Å². The summed E-state index contributed by atoms with van der Waals surface area (Å²) in [5, 5.41) is 9.30. The Morgan fingerprint density at radius 1 is 1.25 bits per heavy atom. The van der Waals surface area contributed by atoms with Gasteiger partial charge in [0.1, 0.15) is 5.75 Å². The van der Waals surface area contributed by atoms with Crippen LogP contribution in [-0.2, 0) is 11.2 Å². The highest BCUT2D eigenvalue weighted by atomic mass is 16.3. The van der Waals surface area contributed by atoms with Gasteiger partial charge in [-0.15, -0.1) is 0 Å². The molecule has 1 N–H and O–H groups in total. The van der Waals surface area contributed by atoms with Crippen molar-refractivity contribution in [3.05, 3.63) is 29.8 Å². The van der Waals surface area contributed by atoms with E-state index in [4.69, 9.17) is 0 Å². The molecular weight excluding hydrogens is 252 g/mol. The molecule has 0 aromatic heterocycles. The van der Waals surface area contributed by atoms with Gasteiger partial charge in [-0.25, -0.2) is 0 Å². The number of phenols is 1. The molecule has 1 amide bonds. The fraction of sp³-hybridized carbons (Fsp3) is 0.562. The van der Waals surface area contributed by atoms with Gasteiger partial charge in [0.25, 0.3) is 0 Å². The van der Waals surface area contributed by atoms with Crippen molar-refractivity contribution < 1.29 is 9.90 Å². The molecule has 0 saturated heterocycles. The average Bonchev–Trinajstić information content (AvgIpc) is 2.40. The van der Waals surface area contributed by atoms with E-state index in [0.717, 1.165) is 19.4 Å². The Morgan fingerprint density at radius 2 is 1.85 bits per heavy atom. The molecular formula is C16H26N2O2. The molecule has 1 rings (SSSR count). The van der Waals surface area contributed by atoms with E-state index in [1.54, 1.807) is 31.1 Å². The van der Waals surface area contributed by atoms with Crippen LogP contribution in [0.3, 0.4) is 0 Å². The smallest absolute Gasteiger partial charge is 0.236 e. The first-order valence-electron chi connectivity index (χ1n) is 7.16. The van der Waals surface area contributed by atoms with Crippen molar-refractivity contribution in [3.8, 4) is 5.75 Å². The average molecular weight is 278 g/mol. The van der Waals surface area contributed by atoms with E-state index in [1.807, 2.05) is 12.1 Å². The summed E-state index contributed by atoms with van der Waals surface area (Å²) in [5.41, 5.74) is 1.17. The van der Waals surface area contributed by atoms with Crippen LogP contribution in [0.2, 0.25) is 0 Å². The van der Waals surface area contributed by atoms with Crippen LogP contribution in [0.15, 0.2) is 24.3 Å². The number of amides is 1. The third-order valence-corrected chi connectivity index (χ3v) is 3.44. The lowest BCUT2D eigenvalue weighted by Gasteiger charge is -2.29.